The minimum atomic E-state index is -2.94. The Bertz CT molecular complexity index is 1430. The Kier molecular flexibility index (Phi) is 5.27. The molecule has 1 saturated carbocycles. The lowest BCUT2D eigenvalue weighted by atomic mass is 10.0. The summed E-state index contributed by atoms with van der Waals surface area (Å²) in [5.74, 6) is -4.18. The summed E-state index contributed by atoms with van der Waals surface area (Å²) in [5.41, 5.74) is 4.44. The number of alkyl halides is 2. The van der Waals surface area contributed by atoms with Crippen LogP contribution in [0.4, 0.5) is 14.6 Å². The van der Waals surface area contributed by atoms with Gasteiger partial charge in [0.1, 0.15) is 11.7 Å². The molecule has 2 N–H and O–H groups in total. The zero-order chi connectivity index (χ0) is 24.2. The van der Waals surface area contributed by atoms with Crippen LogP contribution >= 0.6 is 0 Å². The summed E-state index contributed by atoms with van der Waals surface area (Å²) < 4.78 is 28.2. The molecule has 0 saturated heterocycles. The van der Waals surface area contributed by atoms with Crippen molar-refractivity contribution in [3.8, 4) is 11.1 Å². The van der Waals surface area contributed by atoms with E-state index in [4.69, 9.17) is 0 Å². The number of hydrogen-bond donors (Lipinski definition) is 2. The van der Waals surface area contributed by atoms with Crippen LogP contribution in [-0.2, 0) is 11.2 Å². The van der Waals surface area contributed by atoms with E-state index in [9.17, 15) is 18.7 Å². The van der Waals surface area contributed by atoms with Crippen molar-refractivity contribution in [3.05, 3.63) is 47.7 Å². The minimum Gasteiger partial charge on any atom is -0.387 e. The second-order valence-electron chi connectivity index (χ2n) is 8.66. The number of carbonyl (C=O) groups excluding carboxylic acids is 1. The molecule has 8 nitrogen and oxygen atoms in total. The SMILES string of the molecule is CCc1nc2c(-c3cnc(C(O)CC)cc3C)cc3cnc(NC(=O)[C@H]4CC4(F)F)cc3n2n1. The van der Waals surface area contributed by atoms with E-state index in [0.29, 0.717) is 35.5 Å². The first kappa shape index (κ1) is 22.3. The summed E-state index contributed by atoms with van der Waals surface area (Å²) in [7, 11) is 0. The quantitative estimate of drug-likeness (QED) is 0.440. The lowest BCUT2D eigenvalue weighted by Crippen LogP contribution is -2.18. The summed E-state index contributed by atoms with van der Waals surface area (Å²) in [6.45, 7) is 5.80. The van der Waals surface area contributed by atoms with Crippen LogP contribution in [0.15, 0.2) is 30.6 Å². The van der Waals surface area contributed by atoms with Gasteiger partial charge in [0.2, 0.25) is 5.91 Å². The molecule has 34 heavy (non-hydrogen) atoms. The number of aliphatic hydroxyl groups is 1. The molecule has 2 atom stereocenters. The third kappa shape index (κ3) is 3.77. The number of anilines is 1. The van der Waals surface area contributed by atoms with E-state index in [-0.39, 0.29) is 5.82 Å². The van der Waals surface area contributed by atoms with Gasteiger partial charge in [-0.15, -0.1) is 0 Å². The van der Waals surface area contributed by atoms with Crippen LogP contribution in [0.1, 0.15) is 49.9 Å². The predicted molar refractivity (Wildman–Crippen MR) is 123 cm³/mol. The molecule has 1 unspecified atom stereocenters. The highest BCUT2D eigenvalue weighted by molar-refractivity contribution is 5.97. The van der Waals surface area contributed by atoms with E-state index in [0.717, 1.165) is 22.1 Å². The lowest BCUT2D eigenvalue weighted by molar-refractivity contribution is -0.119. The summed E-state index contributed by atoms with van der Waals surface area (Å²) in [6.07, 6.45) is 3.42. The van der Waals surface area contributed by atoms with E-state index in [1.54, 1.807) is 23.0 Å². The maximum atomic E-state index is 13.3. The van der Waals surface area contributed by atoms with Gasteiger partial charge in [0, 0.05) is 47.8 Å². The second kappa shape index (κ2) is 8.05. The molecule has 4 aromatic rings. The molecule has 1 aliphatic rings. The average molecular weight is 466 g/mol. The van der Waals surface area contributed by atoms with E-state index in [2.05, 4.69) is 25.4 Å². The molecule has 0 aliphatic heterocycles. The molecule has 4 aromatic heterocycles. The van der Waals surface area contributed by atoms with E-state index >= 15 is 0 Å². The van der Waals surface area contributed by atoms with E-state index in [1.807, 2.05) is 32.9 Å². The number of aromatic nitrogens is 5. The number of aliphatic hydroxyl groups excluding tert-OH is 1. The third-order valence-corrected chi connectivity index (χ3v) is 6.19. The van der Waals surface area contributed by atoms with Crippen LogP contribution in [0.25, 0.3) is 27.7 Å². The van der Waals surface area contributed by atoms with Gasteiger partial charge in [-0.05, 0) is 31.0 Å². The zero-order valence-electron chi connectivity index (χ0n) is 19.0. The molecule has 4 heterocycles. The van der Waals surface area contributed by atoms with Gasteiger partial charge in [0.15, 0.2) is 11.5 Å². The summed E-state index contributed by atoms with van der Waals surface area (Å²) in [5, 5.41) is 18.0. The van der Waals surface area contributed by atoms with Crippen LogP contribution < -0.4 is 5.32 Å². The minimum absolute atomic E-state index is 0.179. The number of carbonyl (C=O) groups is 1. The first-order chi connectivity index (χ1) is 16.2. The van der Waals surface area contributed by atoms with Crippen molar-refractivity contribution in [2.45, 2.75) is 52.1 Å². The average Bonchev–Trinajstić information content (AvgIpc) is 3.26. The Hall–Kier alpha value is -3.53. The van der Waals surface area contributed by atoms with Gasteiger partial charge < -0.3 is 10.4 Å². The monoisotopic (exact) mass is 466 g/mol. The number of nitrogens with one attached hydrogen (secondary N) is 1. The zero-order valence-corrected chi connectivity index (χ0v) is 19.0. The maximum absolute atomic E-state index is 13.3. The van der Waals surface area contributed by atoms with Crippen LogP contribution in [0.3, 0.4) is 0 Å². The van der Waals surface area contributed by atoms with Crippen molar-refractivity contribution in [1.82, 2.24) is 24.6 Å². The second-order valence-corrected chi connectivity index (χ2v) is 8.66. The van der Waals surface area contributed by atoms with Crippen LogP contribution in [0, 0.1) is 12.8 Å². The Labute approximate surface area is 194 Å². The standard InChI is InChI=1S/C24H24F2N6O2/c1-4-19(33)17-6-12(3)15(11-27-17)14-7-13-10-28-21(30-23(34)16-9-24(16,25)26)8-18(13)32-22(14)29-20(5-2)31-32/h6-8,10-11,16,19,33H,4-5,9H2,1-3H3,(H,28,30,34)/t16-,19?/m1/s1. The molecule has 0 bridgehead atoms. The molecule has 1 aliphatic carbocycles. The van der Waals surface area contributed by atoms with Crippen molar-refractivity contribution in [3.63, 3.8) is 0 Å². The van der Waals surface area contributed by atoms with Gasteiger partial charge in [-0.25, -0.2) is 23.3 Å². The smallest absolute Gasteiger partial charge is 0.260 e. The molecule has 0 radical (unpaired) electrons. The molecule has 176 valence electrons. The predicted octanol–water partition coefficient (Wildman–Crippen LogP) is 4.25. The van der Waals surface area contributed by atoms with E-state index in [1.165, 1.54) is 0 Å². The van der Waals surface area contributed by atoms with Crippen molar-refractivity contribution in [1.29, 1.82) is 0 Å². The molecule has 0 spiro atoms. The van der Waals surface area contributed by atoms with Gasteiger partial charge in [0.05, 0.1) is 17.3 Å². The lowest BCUT2D eigenvalue weighted by Gasteiger charge is -2.13. The highest BCUT2D eigenvalue weighted by atomic mass is 19.3. The number of aryl methyl sites for hydroxylation is 2. The topological polar surface area (TPSA) is 105 Å². The van der Waals surface area contributed by atoms with Crippen molar-refractivity contribution < 1.29 is 18.7 Å². The summed E-state index contributed by atoms with van der Waals surface area (Å²) in [6, 6.07) is 5.41. The highest BCUT2D eigenvalue weighted by Gasteiger charge is 2.61. The Balaban J connectivity index is 1.61. The fourth-order valence-electron chi connectivity index (χ4n) is 4.05. The van der Waals surface area contributed by atoms with Crippen molar-refractivity contribution in [2.24, 2.45) is 5.92 Å². The number of fused-ring (bicyclic) bond motifs is 3. The largest absolute Gasteiger partial charge is 0.387 e. The van der Waals surface area contributed by atoms with Gasteiger partial charge in [0.25, 0.3) is 5.92 Å². The summed E-state index contributed by atoms with van der Waals surface area (Å²) in [4.78, 5) is 25.5. The van der Waals surface area contributed by atoms with Crippen molar-refractivity contribution in [2.75, 3.05) is 5.32 Å². The highest BCUT2D eigenvalue weighted by Crippen LogP contribution is 2.49. The number of pyridine rings is 3. The number of nitrogens with zero attached hydrogens (tertiary/aromatic N) is 5. The number of rotatable bonds is 6. The van der Waals surface area contributed by atoms with E-state index < -0.39 is 30.3 Å². The van der Waals surface area contributed by atoms with Crippen LogP contribution in [0.2, 0.25) is 0 Å². The van der Waals surface area contributed by atoms with Crippen LogP contribution in [0.5, 0.6) is 0 Å². The Morgan fingerprint density at radius 2 is 2.00 bits per heavy atom. The number of hydrogen-bond acceptors (Lipinski definition) is 6. The number of amides is 1. The normalized spacial score (nSPS) is 17.8. The van der Waals surface area contributed by atoms with Gasteiger partial charge in [-0.3, -0.25) is 9.78 Å². The Morgan fingerprint density at radius 3 is 2.65 bits per heavy atom. The van der Waals surface area contributed by atoms with Gasteiger partial charge in [-0.2, -0.15) is 5.10 Å². The third-order valence-electron chi connectivity index (χ3n) is 6.19. The molecular formula is C24H24F2N6O2. The fraction of sp³-hybridized carbons (Fsp3) is 0.375. The van der Waals surface area contributed by atoms with Crippen molar-refractivity contribution >= 4 is 28.3 Å². The molecule has 0 aromatic carbocycles. The van der Waals surface area contributed by atoms with Gasteiger partial charge >= 0.3 is 0 Å². The fourth-order valence-corrected chi connectivity index (χ4v) is 4.05. The Morgan fingerprint density at radius 1 is 1.24 bits per heavy atom. The first-order valence-electron chi connectivity index (χ1n) is 11.2. The van der Waals surface area contributed by atoms with Crippen LogP contribution in [-0.4, -0.2) is 41.5 Å². The molecule has 10 heteroatoms. The first-order valence-corrected chi connectivity index (χ1v) is 11.2. The van der Waals surface area contributed by atoms with Gasteiger partial charge in [-0.1, -0.05) is 13.8 Å². The molecule has 1 amide bonds. The summed E-state index contributed by atoms with van der Waals surface area (Å²) >= 11 is 0. The maximum Gasteiger partial charge on any atom is 0.260 e. The molecular weight excluding hydrogens is 442 g/mol. The molecule has 5 rings (SSSR count). The number of halogens is 2. The molecule has 1 fully saturated rings.